The van der Waals surface area contributed by atoms with Gasteiger partial charge in [0.1, 0.15) is 6.04 Å². The van der Waals surface area contributed by atoms with Crippen LogP contribution in [-0.2, 0) is 24.2 Å². The Kier molecular flexibility index (Phi) is 6.00. The van der Waals surface area contributed by atoms with Crippen molar-refractivity contribution in [2.45, 2.75) is 30.6 Å². The molecule has 0 bridgehead atoms. The molecule has 0 aromatic heterocycles. The third-order valence-electron chi connectivity index (χ3n) is 6.56. The first-order chi connectivity index (χ1) is 15.6. The molecule has 1 aliphatic carbocycles. The van der Waals surface area contributed by atoms with Crippen LogP contribution in [-0.4, -0.2) is 68.8 Å². The number of benzene rings is 2. The van der Waals surface area contributed by atoms with Crippen LogP contribution in [0.3, 0.4) is 0 Å². The van der Waals surface area contributed by atoms with Gasteiger partial charge in [0.15, 0.2) is 9.84 Å². The molecule has 1 aliphatic heterocycles. The molecule has 1 fully saturated rings. The van der Waals surface area contributed by atoms with Crippen molar-refractivity contribution in [1.82, 2.24) is 10.2 Å². The van der Waals surface area contributed by atoms with Crippen molar-refractivity contribution in [3.63, 3.8) is 0 Å². The van der Waals surface area contributed by atoms with Gasteiger partial charge in [-0.25, -0.2) is 13.2 Å². The number of methoxy groups -OCH3 is 1. The maximum absolute atomic E-state index is 12.8. The van der Waals surface area contributed by atoms with E-state index in [1.165, 1.54) is 17.6 Å². The largest absolute Gasteiger partial charge is 0.467 e. The van der Waals surface area contributed by atoms with Crippen molar-refractivity contribution in [3.05, 3.63) is 59.2 Å². The minimum absolute atomic E-state index is 0.0194. The summed E-state index contributed by atoms with van der Waals surface area (Å²) in [5.41, 5.74) is 4.95. The monoisotopic (exact) mass is 470 g/mol. The highest BCUT2D eigenvalue weighted by molar-refractivity contribution is 7.91. The van der Waals surface area contributed by atoms with E-state index in [9.17, 15) is 22.8 Å². The third kappa shape index (κ3) is 4.25. The molecule has 1 unspecified atom stereocenters. The molecule has 2 aromatic carbocycles. The number of sulfone groups is 1. The lowest BCUT2D eigenvalue weighted by molar-refractivity contribution is -0.150. The fourth-order valence-corrected chi connectivity index (χ4v) is 5.66. The molecule has 3 atom stereocenters. The lowest BCUT2D eigenvalue weighted by Gasteiger charge is -2.22. The Morgan fingerprint density at radius 3 is 2.48 bits per heavy atom. The van der Waals surface area contributed by atoms with E-state index in [4.69, 9.17) is 4.74 Å². The first-order valence-corrected chi connectivity index (χ1v) is 12.6. The van der Waals surface area contributed by atoms with Gasteiger partial charge in [-0.3, -0.25) is 9.59 Å². The quantitative estimate of drug-likeness (QED) is 0.667. The molecule has 0 saturated carbocycles. The van der Waals surface area contributed by atoms with E-state index < -0.39 is 38.9 Å². The number of hydrogen-bond acceptors (Lipinski definition) is 6. The van der Waals surface area contributed by atoms with Crippen LogP contribution in [0.5, 0.6) is 0 Å². The van der Waals surface area contributed by atoms with E-state index in [0.717, 1.165) is 22.9 Å². The van der Waals surface area contributed by atoms with Crippen molar-refractivity contribution in [2.75, 3.05) is 26.5 Å². The molecule has 1 heterocycles. The summed E-state index contributed by atoms with van der Waals surface area (Å²) in [5.74, 6) is -1.47. The maximum atomic E-state index is 12.8. The number of carbonyl (C=O) groups excluding carboxylic acids is 3. The van der Waals surface area contributed by atoms with Crippen LogP contribution in [0.4, 0.5) is 0 Å². The lowest BCUT2D eigenvalue weighted by Crippen LogP contribution is -2.46. The standard InChI is InChI=1S/C24H26N2O6S/c1-14-17-6-4-5-7-18(17)19-9-8-15(10-20(14)19)23(28)25-12-22(27)26-13-16(33(3,30)31)11-21(26)24(29)32-2/h4-10,14,16,21H,11-13H2,1-3H3,(H,25,28)/t14?,16-,21+/m1/s1. The van der Waals surface area contributed by atoms with Gasteiger partial charge in [-0.05, 0) is 40.8 Å². The number of rotatable bonds is 5. The van der Waals surface area contributed by atoms with Crippen LogP contribution in [0.25, 0.3) is 11.1 Å². The minimum atomic E-state index is -3.44. The highest BCUT2D eigenvalue weighted by Crippen LogP contribution is 2.44. The number of hydrogen-bond donors (Lipinski definition) is 1. The number of amides is 2. The lowest BCUT2D eigenvalue weighted by atomic mass is 9.97. The smallest absolute Gasteiger partial charge is 0.328 e. The average Bonchev–Trinajstić information content (AvgIpc) is 3.37. The number of likely N-dealkylation sites (tertiary alicyclic amines) is 1. The number of carbonyl (C=O) groups is 3. The molecule has 8 nitrogen and oxygen atoms in total. The van der Waals surface area contributed by atoms with Crippen LogP contribution in [0.2, 0.25) is 0 Å². The Morgan fingerprint density at radius 2 is 1.79 bits per heavy atom. The number of fused-ring (bicyclic) bond motifs is 3. The van der Waals surface area contributed by atoms with Crippen LogP contribution in [0.15, 0.2) is 42.5 Å². The van der Waals surface area contributed by atoms with Gasteiger partial charge in [0.05, 0.1) is 18.9 Å². The second-order valence-corrected chi connectivity index (χ2v) is 10.9. The first-order valence-electron chi connectivity index (χ1n) is 10.7. The normalized spacial score (nSPS) is 21.3. The fourth-order valence-electron chi connectivity index (χ4n) is 4.70. The van der Waals surface area contributed by atoms with Gasteiger partial charge in [0.2, 0.25) is 5.91 Å². The molecule has 33 heavy (non-hydrogen) atoms. The van der Waals surface area contributed by atoms with Gasteiger partial charge in [-0.2, -0.15) is 0 Å². The molecule has 1 saturated heterocycles. The Hall–Kier alpha value is -3.20. The van der Waals surface area contributed by atoms with E-state index in [2.05, 4.69) is 24.4 Å². The molecule has 4 rings (SSSR count). The van der Waals surface area contributed by atoms with Crippen LogP contribution < -0.4 is 5.32 Å². The van der Waals surface area contributed by atoms with Crippen LogP contribution in [0, 0.1) is 0 Å². The second kappa shape index (κ2) is 8.62. The van der Waals surface area contributed by atoms with E-state index in [0.29, 0.717) is 5.56 Å². The van der Waals surface area contributed by atoms with E-state index in [1.807, 2.05) is 24.3 Å². The predicted octanol–water partition coefficient (Wildman–Crippen LogP) is 1.74. The summed E-state index contributed by atoms with van der Waals surface area (Å²) in [7, 11) is -2.25. The van der Waals surface area contributed by atoms with Crippen molar-refractivity contribution in [1.29, 1.82) is 0 Å². The molecule has 0 radical (unpaired) electrons. The number of ether oxygens (including phenoxy) is 1. The molecule has 2 aromatic rings. The van der Waals surface area contributed by atoms with Crippen molar-refractivity contribution < 1.29 is 27.5 Å². The zero-order valence-corrected chi connectivity index (χ0v) is 19.5. The predicted molar refractivity (Wildman–Crippen MR) is 122 cm³/mol. The van der Waals surface area contributed by atoms with Gasteiger partial charge in [0.25, 0.3) is 5.91 Å². The topological polar surface area (TPSA) is 110 Å². The molecule has 2 amide bonds. The zero-order chi connectivity index (χ0) is 23.9. The molecule has 0 spiro atoms. The van der Waals surface area contributed by atoms with Crippen LogP contribution >= 0.6 is 0 Å². The third-order valence-corrected chi connectivity index (χ3v) is 8.11. The second-order valence-electron chi connectivity index (χ2n) is 8.57. The number of nitrogens with zero attached hydrogens (tertiary/aromatic N) is 1. The molecule has 174 valence electrons. The molecule has 9 heteroatoms. The Morgan fingerprint density at radius 1 is 1.09 bits per heavy atom. The minimum Gasteiger partial charge on any atom is -0.467 e. The maximum Gasteiger partial charge on any atom is 0.328 e. The summed E-state index contributed by atoms with van der Waals surface area (Å²) in [6.45, 7) is 1.63. The van der Waals surface area contributed by atoms with E-state index >= 15 is 0 Å². The van der Waals surface area contributed by atoms with Crippen molar-refractivity contribution in [2.24, 2.45) is 0 Å². The van der Waals surface area contributed by atoms with Gasteiger partial charge in [0, 0.05) is 24.3 Å². The SMILES string of the molecule is COC(=O)[C@@H]1C[C@@H](S(C)(=O)=O)CN1C(=O)CNC(=O)c1ccc2c(c1)C(C)c1ccccc1-2. The molecule has 2 aliphatic rings. The summed E-state index contributed by atoms with van der Waals surface area (Å²) < 4.78 is 28.6. The number of esters is 1. The van der Waals surface area contributed by atoms with Gasteiger partial charge < -0.3 is 15.0 Å². The zero-order valence-electron chi connectivity index (χ0n) is 18.7. The van der Waals surface area contributed by atoms with Crippen molar-refractivity contribution >= 4 is 27.6 Å². The summed E-state index contributed by atoms with van der Waals surface area (Å²) in [5, 5.41) is 1.76. The van der Waals surface area contributed by atoms with Gasteiger partial charge in [-0.15, -0.1) is 0 Å². The highest BCUT2D eigenvalue weighted by Gasteiger charge is 2.44. The summed E-state index contributed by atoms with van der Waals surface area (Å²) in [4.78, 5) is 38.8. The van der Waals surface area contributed by atoms with Crippen LogP contribution in [0.1, 0.15) is 40.7 Å². The van der Waals surface area contributed by atoms with E-state index in [-0.39, 0.29) is 25.4 Å². The van der Waals surface area contributed by atoms with E-state index in [1.54, 1.807) is 6.07 Å². The number of nitrogens with one attached hydrogen (secondary N) is 1. The van der Waals surface area contributed by atoms with Gasteiger partial charge in [-0.1, -0.05) is 37.3 Å². The molecule has 1 N–H and O–H groups in total. The highest BCUT2D eigenvalue weighted by atomic mass is 32.2. The Labute approximate surface area is 192 Å². The molecular formula is C24H26N2O6S. The van der Waals surface area contributed by atoms with Crippen molar-refractivity contribution in [3.8, 4) is 11.1 Å². The summed E-state index contributed by atoms with van der Waals surface area (Å²) in [6, 6.07) is 12.6. The Bertz CT molecular complexity index is 1240. The summed E-state index contributed by atoms with van der Waals surface area (Å²) in [6.07, 6.45) is 1.06. The van der Waals surface area contributed by atoms with Gasteiger partial charge >= 0.3 is 5.97 Å². The average molecular weight is 471 g/mol. The molecular weight excluding hydrogens is 444 g/mol. The first kappa shape index (κ1) is 23.0. The Balaban J connectivity index is 1.46. The summed E-state index contributed by atoms with van der Waals surface area (Å²) >= 11 is 0. The fraction of sp³-hybridized carbons (Fsp3) is 0.375.